The van der Waals surface area contributed by atoms with E-state index < -0.39 is 11.8 Å². The number of benzene rings is 2. The van der Waals surface area contributed by atoms with Crippen molar-refractivity contribution in [1.82, 2.24) is 5.43 Å². The van der Waals surface area contributed by atoms with E-state index in [-0.39, 0.29) is 0 Å². The summed E-state index contributed by atoms with van der Waals surface area (Å²) >= 11 is 0. The van der Waals surface area contributed by atoms with Crippen LogP contribution in [0.5, 0.6) is 17.2 Å². The first kappa shape index (κ1) is 18.8. The van der Waals surface area contributed by atoms with Crippen LogP contribution in [-0.2, 0) is 9.59 Å². The van der Waals surface area contributed by atoms with Gasteiger partial charge >= 0.3 is 11.8 Å². The Hall–Kier alpha value is -3.55. The number of carbonyl (C=O) groups excluding carboxylic acids is 2. The zero-order valence-electron chi connectivity index (χ0n) is 14.6. The first-order chi connectivity index (χ1) is 12.6. The van der Waals surface area contributed by atoms with Crippen LogP contribution >= 0.6 is 0 Å². The number of nitrogens with zero attached hydrogens (tertiary/aromatic N) is 1. The smallest absolute Gasteiger partial charge is 0.329 e. The highest BCUT2D eigenvalue weighted by molar-refractivity contribution is 6.39. The van der Waals surface area contributed by atoms with Crippen LogP contribution in [0.25, 0.3) is 0 Å². The van der Waals surface area contributed by atoms with E-state index in [0.717, 1.165) is 0 Å². The molecular formula is C18H19N3O5. The number of amides is 2. The summed E-state index contributed by atoms with van der Waals surface area (Å²) in [6.07, 6.45) is 1.36. The maximum atomic E-state index is 11.9. The van der Waals surface area contributed by atoms with Crippen molar-refractivity contribution in [2.75, 3.05) is 26.6 Å². The Kier molecular flexibility index (Phi) is 6.55. The maximum Gasteiger partial charge on any atom is 0.329 e. The number of hydrazone groups is 1. The lowest BCUT2D eigenvalue weighted by Crippen LogP contribution is -2.32. The molecule has 0 saturated carbocycles. The zero-order valence-corrected chi connectivity index (χ0v) is 14.6. The summed E-state index contributed by atoms with van der Waals surface area (Å²) in [6, 6.07) is 11.7. The number of carbonyl (C=O) groups is 2. The van der Waals surface area contributed by atoms with Gasteiger partial charge in [0.25, 0.3) is 0 Å². The molecule has 0 aliphatic carbocycles. The molecule has 8 nitrogen and oxygen atoms in total. The van der Waals surface area contributed by atoms with Crippen LogP contribution in [0.2, 0.25) is 0 Å². The Morgan fingerprint density at radius 3 is 2.15 bits per heavy atom. The maximum absolute atomic E-state index is 11.9. The van der Waals surface area contributed by atoms with Gasteiger partial charge in [0, 0.05) is 11.3 Å². The van der Waals surface area contributed by atoms with Crippen molar-refractivity contribution in [3.63, 3.8) is 0 Å². The van der Waals surface area contributed by atoms with E-state index in [1.807, 2.05) is 0 Å². The standard InChI is InChI=1S/C18H19N3O5/c1-24-14-6-4-13(5-7-14)20-17(22)18(23)21-19-11-12-10-15(25-2)8-9-16(12)26-3/h4-11H,1-3H3,(H,20,22)(H,21,23). The van der Waals surface area contributed by atoms with Crippen molar-refractivity contribution in [3.05, 3.63) is 48.0 Å². The van der Waals surface area contributed by atoms with Gasteiger partial charge in [-0.25, -0.2) is 5.43 Å². The number of nitrogens with one attached hydrogen (secondary N) is 2. The van der Waals surface area contributed by atoms with Gasteiger partial charge < -0.3 is 19.5 Å². The Morgan fingerprint density at radius 1 is 0.885 bits per heavy atom. The summed E-state index contributed by atoms with van der Waals surface area (Å²) in [5.41, 5.74) is 3.21. The Labute approximate surface area is 150 Å². The summed E-state index contributed by atoms with van der Waals surface area (Å²) < 4.78 is 15.3. The van der Waals surface area contributed by atoms with Crippen molar-refractivity contribution in [2.24, 2.45) is 5.10 Å². The van der Waals surface area contributed by atoms with Crippen molar-refractivity contribution in [2.45, 2.75) is 0 Å². The second-order valence-corrected chi connectivity index (χ2v) is 4.99. The average Bonchev–Trinajstić information content (AvgIpc) is 2.68. The lowest BCUT2D eigenvalue weighted by molar-refractivity contribution is -0.136. The number of anilines is 1. The van der Waals surface area contributed by atoms with Gasteiger partial charge in [0.1, 0.15) is 17.2 Å². The van der Waals surface area contributed by atoms with Gasteiger partial charge in [0.05, 0.1) is 27.5 Å². The second kappa shape index (κ2) is 9.07. The minimum absolute atomic E-state index is 0.462. The lowest BCUT2D eigenvalue weighted by atomic mass is 10.2. The molecule has 2 aromatic rings. The predicted octanol–water partition coefficient (Wildman–Crippen LogP) is 1.80. The van der Waals surface area contributed by atoms with Gasteiger partial charge in [-0.1, -0.05) is 0 Å². The minimum atomic E-state index is -0.904. The van der Waals surface area contributed by atoms with E-state index in [9.17, 15) is 9.59 Å². The van der Waals surface area contributed by atoms with Gasteiger partial charge in [0.15, 0.2) is 0 Å². The fourth-order valence-electron chi connectivity index (χ4n) is 2.01. The number of methoxy groups -OCH3 is 3. The molecule has 0 heterocycles. The first-order valence-corrected chi connectivity index (χ1v) is 7.58. The number of rotatable bonds is 6. The first-order valence-electron chi connectivity index (χ1n) is 7.58. The molecule has 136 valence electrons. The molecular weight excluding hydrogens is 338 g/mol. The molecule has 0 aliphatic rings. The molecule has 26 heavy (non-hydrogen) atoms. The number of ether oxygens (including phenoxy) is 3. The van der Waals surface area contributed by atoms with Gasteiger partial charge in [-0.05, 0) is 42.5 Å². The molecule has 0 spiro atoms. The molecule has 0 bridgehead atoms. The molecule has 0 unspecified atom stereocenters. The normalized spacial score (nSPS) is 10.3. The average molecular weight is 357 g/mol. The highest BCUT2D eigenvalue weighted by atomic mass is 16.5. The molecule has 8 heteroatoms. The quantitative estimate of drug-likeness (QED) is 0.467. The topological polar surface area (TPSA) is 98.2 Å². The summed E-state index contributed by atoms with van der Waals surface area (Å²) in [5.74, 6) is 0.0513. The van der Waals surface area contributed by atoms with Crippen molar-refractivity contribution < 1.29 is 23.8 Å². The van der Waals surface area contributed by atoms with Crippen LogP contribution in [0.3, 0.4) is 0 Å². The summed E-state index contributed by atoms with van der Waals surface area (Å²) in [7, 11) is 4.59. The Morgan fingerprint density at radius 2 is 1.54 bits per heavy atom. The molecule has 0 radical (unpaired) electrons. The minimum Gasteiger partial charge on any atom is -0.497 e. The molecule has 0 aliphatic heterocycles. The van der Waals surface area contributed by atoms with Crippen LogP contribution in [0.4, 0.5) is 5.69 Å². The Bertz CT molecular complexity index is 803. The molecule has 2 amide bonds. The molecule has 2 rings (SSSR count). The highest BCUT2D eigenvalue weighted by Crippen LogP contribution is 2.22. The lowest BCUT2D eigenvalue weighted by Gasteiger charge is -2.07. The Balaban J connectivity index is 1.96. The number of hydrogen-bond donors (Lipinski definition) is 2. The molecule has 0 saturated heterocycles. The van der Waals surface area contributed by atoms with Gasteiger partial charge in [-0.2, -0.15) is 5.10 Å². The van der Waals surface area contributed by atoms with Crippen LogP contribution < -0.4 is 25.0 Å². The largest absolute Gasteiger partial charge is 0.497 e. The predicted molar refractivity (Wildman–Crippen MR) is 96.9 cm³/mol. The summed E-state index contributed by atoms with van der Waals surface area (Å²) in [4.78, 5) is 23.7. The van der Waals surface area contributed by atoms with Crippen molar-refractivity contribution in [1.29, 1.82) is 0 Å². The van der Waals surface area contributed by atoms with Crippen LogP contribution in [-0.4, -0.2) is 39.4 Å². The van der Waals surface area contributed by atoms with Crippen molar-refractivity contribution in [3.8, 4) is 17.2 Å². The van der Waals surface area contributed by atoms with E-state index in [1.165, 1.54) is 27.5 Å². The second-order valence-electron chi connectivity index (χ2n) is 4.99. The molecule has 2 N–H and O–H groups in total. The third-order valence-corrected chi connectivity index (χ3v) is 3.36. The van der Waals surface area contributed by atoms with Gasteiger partial charge in [0.2, 0.25) is 0 Å². The monoisotopic (exact) mass is 357 g/mol. The number of hydrogen-bond acceptors (Lipinski definition) is 6. The third-order valence-electron chi connectivity index (χ3n) is 3.36. The van der Waals surface area contributed by atoms with Gasteiger partial charge in [-0.15, -0.1) is 0 Å². The van der Waals surface area contributed by atoms with E-state index in [0.29, 0.717) is 28.5 Å². The van der Waals surface area contributed by atoms with Crippen LogP contribution in [0.1, 0.15) is 5.56 Å². The summed E-state index contributed by atoms with van der Waals surface area (Å²) in [5, 5.41) is 6.23. The molecule has 0 atom stereocenters. The summed E-state index contributed by atoms with van der Waals surface area (Å²) in [6.45, 7) is 0. The molecule has 2 aromatic carbocycles. The zero-order chi connectivity index (χ0) is 18.9. The third kappa shape index (κ3) is 4.97. The fourth-order valence-corrected chi connectivity index (χ4v) is 2.01. The molecule has 0 aromatic heterocycles. The van der Waals surface area contributed by atoms with Gasteiger partial charge in [-0.3, -0.25) is 9.59 Å². The fraction of sp³-hybridized carbons (Fsp3) is 0.167. The van der Waals surface area contributed by atoms with E-state index >= 15 is 0 Å². The van der Waals surface area contributed by atoms with Crippen LogP contribution in [0.15, 0.2) is 47.6 Å². The van der Waals surface area contributed by atoms with Crippen LogP contribution in [0, 0.1) is 0 Å². The highest BCUT2D eigenvalue weighted by Gasteiger charge is 2.13. The van der Waals surface area contributed by atoms with E-state index in [4.69, 9.17) is 14.2 Å². The van der Waals surface area contributed by atoms with E-state index in [2.05, 4.69) is 15.8 Å². The SMILES string of the molecule is COc1ccc(NC(=O)C(=O)NN=Cc2cc(OC)ccc2OC)cc1. The van der Waals surface area contributed by atoms with E-state index in [1.54, 1.807) is 42.5 Å². The molecule has 0 fully saturated rings. The van der Waals surface area contributed by atoms with Crippen molar-refractivity contribution >= 4 is 23.7 Å².